The van der Waals surface area contributed by atoms with E-state index in [-0.39, 0.29) is 17.4 Å². The van der Waals surface area contributed by atoms with Crippen LogP contribution in [0.3, 0.4) is 0 Å². The molecule has 7 nitrogen and oxygen atoms in total. The number of hydrogen-bond donors (Lipinski definition) is 4. The number of carbonyl (C=O) groups excluding carboxylic acids is 1. The van der Waals surface area contributed by atoms with Crippen molar-refractivity contribution in [1.29, 1.82) is 0 Å². The number of anilines is 1. The van der Waals surface area contributed by atoms with Crippen molar-refractivity contribution in [2.75, 3.05) is 19.0 Å². The molecule has 112 valence electrons. The Morgan fingerprint density at radius 2 is 2.20 bits per heavy atom. The summed E-state index contributed by atoms with van der Waals surface area (Å²) in [5.41, 5.74) is 0.885. The van der Waals surface area contributed by atoms with Crippen LogP contribution in [0.5, 0.6) is 0 Å². The Bertz CT molecular complexity index is 464. The van der Waals surface area contributed by atoms with E-state index >= 15 is 0 Å². The second-order valence-corrected chi connectivity index (χ2v) is 4.59. The van der Waals surface area contributed by atoms with Gasteiger partial charge in [0.25, 0.3) is 0 Å². The number of nitrogens with one attached hydrogen (secondary N) is 3. The first-order valence-electron chi connectivity index (χ1n) is 6.47. The lowest BCUT2D eigenvalue weighted by molar-refractivity contribution is 0.0692. The van der Waals surface area contributed by atoms with Crippen LogP contribution in [0.15, 0.2) is 6.07 Å². The van der Waals surface area contributed by atoms with E-state index in [0.29, 0.717) is 12.3 Å². The fourth-order valence-corrected chi connectivity index (χ4v) is 1.95. The van der Waals surface area contributed by atoms with Crippen LogP contribution in [-0.4, -0.2) is 41.8 Å². The number of aromatic amines is 1. The summed E-state index contributed by atoms with van der Waals surface area (Å²) in [5.74, 6) is -1.12. The maximum absolute atomic E-state index is 11.9. The number of carbonyl (C=O) groups is 2. The van der Waals surface area contributed by atoms with Crippen LogP contribution >= 0.6 is 0 Å². The molecule has 1 unspecified atom stereocenters. The SMILES string of the molecule is CCCC(COC)NC(=O)Nc1cc(C)[nH]c1C(=O)O. The number of aromatic nitrogens is 1. The molecular weight excluding hydrogens is 262 g/mol. The zero-order chi connectivity index (χ0) is 15.1. The molecule has 0 aromatic carbocycles. The minimum absolute atomic E-state index is 0.0311. The molecular formula is C13H21N3O4. The summed E-state index contributed by atoms with van der Waals surface area (Å²) in [5, 5.41) is 14.3. The van der Waals surface area contributed by atoms with E-state index < -0.39 is 12.0 Å². The maximum atomic E-state index is 11.9. The van der Waals surface area contributed by atoms with Gasteiger partial charge in [-0.25, -0.2) is 9.59 Å². The second kappa shape index (κ2) is 7.54. The number of carboxylic acid groups (broad SMARTS) is 1. The number of H-pyrrole nitrogens is 1. The summed E-state index contributed by atoms with van der Waals surface area (Å²) in [6.07, 6.45) is 1.71. The van der Waals surface area contributed by atoms with Crippen molar-refractivity contribution in [2.24, 2.45) is 0 Å². The van der Waals surface area contributed by atoms with Gasteiger partial charge in [0.15, 0.2) is 0 Å². The topological polar surface area (TPSA) is 103 Å². The Balaban J connectivity index is 2.68. The van der Waals surface area contributed by atoms with E-state index in [1.807, 2.05) is 6.92 Å². The Labute approximate surface area is 117 Å². The van der Waals surface area contributed by atoms with Crippen molar-refractivity contribution in [3.05, 3.63) is 17.5 Å². The van der Waals surface area contributed by atoms with Gasteiger partial charge in [-0.1, -0.05) is 13.3 Å². The monoisotopic (exact) mass is 283 g/mol. The van der Waals surface area contributed by atoms with Gasteiger partial charge in [-0.05, 0) is 19.4 Å². The quantitative estimate of drug-likeness (QED) is 0.614. The Hall–Kier alpha value is -2.02. The highest BCUT2D eigenvalue weighted by Crippen LogP contribution is 2.16. The molecule has 0 radical (unpaired) electrons. The van der Waals surface area contributed by atoms with Crippen LogP contribution in [0.4, 0.5) is 10.5 Å². The molecule has 1 rings (SSSR count). The number of amides is 2. The molecule has 2 amide bonds. The highest BCUT2D eigenvalue weighted by atomic mass is 16.5. The van der Waals surface area contributed by atoms with Crippen LogP contribution in [0.1, 0.15) is 35.9 Å². The Kier molecular flexibility index (Phi) is 6.05. The largest absolute Gasteiger partial charge is 0.477 e. The summed E-state index contributed by atoms with van der Waals surface area (Å²) in [6, 6.07) is 1.04. The molecule has 0 aliphatic rings. The minimum atomic E-state index is -1.12. The highest BCUT2D eigenvalue weighted by Gasteiger charge is 2.17. The van der Waals surface area contributed by atoms with Crippen molar-refractivity contribution in [2.45, 2.75) is 32.7 Å². The molecule has 1 aromatic rings. The van der Waals surface area contributed by atoms with Crippen molar-refractivity contribution in [3.8, 4) is 0 Å². The Morgan fingerprint density at radius 3 is 2.75 bits per heavy atom. The predicted molar refractivity (Wildman–Crippen MR) is 75.2 cm³/mol. The third kappa shape index (κ3) is 4.58. The summed E-state index contributed by atoms with van der Waals surface area (Å²) in [7, 11) is 1.57. The van der Waals surface area contributed by atoms with Crippen LogP contribution in [0, 0.1) is 6.92 Å². The van der Waals surface area contributed by atoms with Crippen molar-refractivity contribution in [1.82, 2.24) is 10.3 Å². The van der Waals surface area contributed by atoms with E-state index in [1.165, 1.54) is 0 Å². The molecule has 0 bridgehead atoms. The van der Waals surface area contributed by atoms with Crippen LogP contribution in [0.25, 0.3) is 0 Å². The summed E-state index contributed by atoms with van der Waals surface area (Å²) < 4.78 is 5.03. The third-order valence-electron chi connectivity index (χ3n) is 2.75. The standard InChI is InChI=1S/C13H21N3O4/c1-4-5-9(7-20-3)15-13(19)16-10-6-8(2)14-11(10)12(17)18/h6,9,14H,4-5,7H2,1-3H3,(H,17,18)(H2,15,16,19). The fraction of sp³-hybridized carbons (Fsp3) is 0.538. The lowest BCUT2D eigenvalue weighted by Gasteiger charge is -2.17. The number of aromatic carboxylic acids is 1. The molecule has 0 saturated heterocycles. The molecule has 1 heterocycles. The summed E-state index contributed by atoms with van der Waals surface area (Å²) >= 11 is 0. The van der Waals surface area contributed by atoms with Gasteiger partial charge < -0.3 is 25.5 Å². The smallest absolute Gasteiger partial charge is 0.354 e. The zero-order valence-electron chi connectivity index (χ0n) is 11.9. The number of ether oxygens (including phenoxy) is 1. The van der Waals surface area contributed by atoms with Gasteiger partial charge in [0.1, 0.15) is 5.69 Å². The first-order valence-corrected chi connectivity index (χ1v) is 6.47. The fourth-order valence-electron chi connectivity index (χ4n) is 1.95. The van der Waals surface area contributed by atoms with Gasteiger partial charge in [-0.3, -0.25) is 0 Å². The summed E-state index contributed by atoms with van der Waals surface area (Å²) in [4.78, 5) is 25.6. The van der Waals surface area contributed by atoms with Crippen LogP contribution in [-0.2, 0) is 4.74 Å². The molecule has 4 N–H and O–H groups in total. The molecule has 0 fully saturated rings. The van der Waals surface area contributed by atoms with Gasteiger partial charge in [0.05, 0.1) is 18.3 Å². The van der Waals surface area contributed by atoms with Gasteiger partial charge in [0, 0.05) is 12.8 Å². The third-order valence-corrected chi connectivity index (χ3v) is 2.75. The van der Waals surface area contributed by atoms with Crippen LogP contribution < -0.4 is 10.6 Å². The average Bonchev–Trinajstić information content (AvgIpc) is 2.70. The molecule has 1 atom stereocenters. The van der Waals surface area contributed by atoms with Crippen LogP contribution in [0.2, 0.25) is 0 Å². The summed E-state index contributed by atoms with van der Waals surface area (Å²) in [6.45, 7) is 4.15. The average molecular weight is 283 g/mol. The van der Waals surface area contributed by atoms with Crippen molar-refractivity contribution in [3.63, 3.8) is 0 Å². The molecule has 7 heteroatoms. The molecule has 20 heavy (non-hydrogen) atoms. The van der Waals surface area contributed by atoms with Gasteiger partial charge in [-0.2, -0.15) is 0 Å². The maximum Gasteiger partial charge on any atom is 0.354 e. The highest BCUT2D eigenvalue weighted by molar-refractivity contribution is 5.99. The lowest BCUT2D eigenvalue weighted by Crippen LogP contribution is -2.40. The number of urea groups is 1. The van der Waals surface area contributed by atoms with E-state index in [1.54, 1.807) is 20.1 Å². The van der Waals surface area contributed by atoms with Gasteiger partial charge in [-0.15, -0.1) is 0 Å². The molecule has 0 aliphatic carbocycles. The molecule has 0 aliphatic heterocycles. The molecule has 0 saturated carbocycles. The van der Waals surface area contributed by atoms with E-state index in [4.69, 9.17) is 9.84 Å². The van der Waals surface area contributed by atoms with Crippen molar-refractivity contribution >= 4 is 17.7 Å². The van der Waals surface area contributed by atoms with E-state index in [2.05, 4.69) is 15.6 Å². The second-order valence-electron chi connectivity index (χ2n) is 4.59. The van der Waals surface area contributed by atoms with E-state index in [0.717, 1.165) is 12.8 Å². The Morgan fingerprint density at radius 1 is 1.50 bits per heavy atom. The number of methoxy groups -OCH3 is 1. The first-order chi connectivity index (χ1) is 9.47. The number of hydrogen-bond acceptors (Lipinski definition) is 3. The number of carboxylic acids is 1. The lowest BCUT2D eigenvalue weighted by atomic mass is 10.2. The number of aryl methyl sites for hydroxylation is 1. The van der Waals surface area contributed by atoms with E-state index in [9.17, 15) is 9.59 Å². The molecule has 1 aromatic heterocycles. The predicted octanol–water partition coefficient (Wildman–Crippen LogP) is 1.96. The van der Waals surface area contributed by atoms with Gasteiger partial charge >= 0.3 is 12.0 Å². The van der Waals surface area contributed by atoms with Crippen molar-refractivity contribution < 1.29 is 19.4 Å². The first kappa shape index (κ1) is 16.0. The zero-order valence-corrected chi connectivity index (χ0v) is 11.9. The van der Waals surface area contributed by atoms with Gasteiger partial charge in [0.2, 0.25) is 0 Å². The normalized spacial score (nSPS) is 11.9. The molecule has 0 spiro atoms. The number of rotatable bonds is 7. The minimum Gasteiger partial charge on any atom is -0.477 e.